The van der Waals surface area contributed by atoms with E-state index in [-0.39, 0.29) is 11.4 Å². The number of rotatable bonds is 5. The molecule has 6 nitrogen and oxygen atoms in total. The molecule has 0 amide bonds. The van der Waals surface area contributed by atoms with E-state index in [1.54, 1.807) is 25.4 Å². The van der Waals surface area contributed by atoms with Gasteiger partial charge in [-0.05, 0) is 24.8 Å². The number of pyridine rings is 2. The normalized spacial score (nSPS) is 23.1. The Hall–Kier alpha value is -1.44. The molecule has 2 aromatic heterocycles. The number of halogens is 1. The van der Waals surface area contributed by atoms with Crippen LogP contribution < -0.4 is 4.74 Å². The van der Waals surface area contributed by atoms with Crippen LogP contribution in [0.5, 0.6) is 5.88 Å². The zero-order valence-electron chi connectivity index (χ0n) is 14.4. The minimum atomic E-state index is -3.03. The number of hydrogen-bond acceptors (Lipinski definition) is 6. The number of ether oxygens (including phenoxy) is 1. The van der Waals surface area contributed by atoms with Crippen molar-refractivity contribution in [2.24, 2.45) is 0 Å². The summed E-state index contributed by atoms with van der Waals surface area (Å²) in [6.45, 7) is 3.61. The van der Waals surface area contributed by atoms with E-state index in [1.165, 1.54) is 6.26 Å². The Labute approximate surface area is 152 Å². The third-order valence-corrected chi connectivity index (χ3v) is 6.71. The standard InChI is InChI=1S/C17H21ClN2O4S/c1-4-17(2,21)14-9-20-16(13-8-19-15(18)7-12(13)14)24-10-5-11(6-10)25(3,22)23/h7-11,21H,4-6H2,1-3H3. The zero-order chi connectivity index (χ0) is 18.4. The van der Waals surface area contributed by atoms with E-state index in [4.69, 9.17) is 16.3 Å². The first-order chi connectivity index (χ1) is 11.6. The van der Waals surface area contributed by atoms with E-state index < -0.39 is 15.4 Å². The maximum Gasteiger partial charge on any atom is 0.223 e. The van der Waals surface area contributed by atoms with Gasteiger partial charge in [0.1, 0.15) is 11.3 Å². The van der Waals surface area contributed by atoms with Crippen molar-refractivity contribution in [3.05, 3.63) is 29.2 Å². The van der Waals surface area contributed by atoms with E-state index in [1.807, 2.05) is 6.92 Å². The molecule has 1 aliphatic carbocycles. The Morgan fingerprint density at radius 1 is 1.32 bits per heavy atom. The molecule has 1 atom stereocenters. The van der Waals surface area contributed by atoms with Crippen molar-refractivity contribution in [1.29, 1.82) is 0 Å². The lowest BCUT2D eigenvalue weighted by Crippen LogP contribution is -2.42. The van der Waals surface area contributed by atoms with Gasteiger partial charge in [0, 0.05) is 37.1 Å². The highest BCUT2D eigenvalue weighted by Crippen LogP contribution is 2.37. The smallest absolute Gasteiger partial charge is 0.223 e. The molecule has 0 bridgehead atoms. The average molecular weight is 385 g/mol. The van der Waals surface area contributed by atoms with Gasteiger partial charge in [-0.25, -0.2) is 18.4 Å². The van der Waals surface area contributed by atoms with Gasteiger partial charge in [0.25, 0.3) is 0 Å². The average Bonchev–Trinajstić information content (AvgIpc) is 2.48. The molecule has 8 heteroatoms. The number of aromatic nitrogens is 2. The molecule has 1 fully saturated rings. The summed E-state index contributed by atoms with van der Waals surface area (Å²) in [4.78, 5) is 8.44. The summed E-state index contributed by atoms with van der Waals surface area (Å²) >= 11 is 6.03. The lowest BCUT2D eigenvalue weighted by Gasteiger charge is -2.34. The zero-order valence-corrected chi connectivity index (χ0v) is 15.9. The van der Waals surface area contributed by atoms with E-state index in [0.717, 1.165) is 5.39 Å². The molecule has 3 rings (SSSR count). The van der Waals surface area contributed by atoms with E-state index >= 15 is 0 Å². The lowest BCUT2D eigenvalue weighted by molar-refractivity contribution is 0.0541. The van der Waals surface area contributed by atoms with Crippen molar-refractivity contribution in [3.63, 3.8) is 0 Å². The monoisotopic (exact) mass is 384 g/mol. The van der Waals surface area contributed by atoms with Crippen LogP contribution in [0, 0.1) is 0 Å². The first-order valence-electron chi connectivity index (χ1n) is 8.14. The van der Waals surface area contributed by atoms with Gasteiger partial charge in [-0.1, -0.05) is 18.5 Å². The Morgan fingerprint density at radius 2 is 2.00 bits per heavy atom. The molecule has 25 heavy (non-hydrogen) atoms. The number of hydrogen-bond donors (Lipinski definition) is 1. The largest absolute Gasteiger partial charge is 0.474 e. The Kier molecular flexibility index (Phi) is 4.68. The van der Waals surface area contributed by atoms with E-state index in [2.05, 4.69) is 9.97 Å². The Bertz CT molecular complexity index is 908. The van der Waals surface area contributed by atoms with Gasteiger partial charge in [0.2, 0.25) is 5.88 Å². The summed E-state index contributed by atoms with van der Waals surface area (Å²) in [7, 11) is -3.03. The first kappa shape index (κ1) is 18.4. The molecular weight excluding hydrogens is 364 g/mol. The molecule has 1 unspecified atom stereocenters. The first-order valence-corrected chi connectivity index (χ1v) is 10.5. The van der Waals surface area contributed by atoms with Crippen LogP contribution in [0.1, 0.15) is 38.7 Å². The van der Waals surface area contributed by atoms with Gasteiger partial charge >= 0.3 is 0 Å². The van der Waals surface area contributed by atoms with Gasteiger partial charge in [-0.3, -0.25) is 0 Å². The highest BCUT2D eigenvalue weighted by molar-refractivity contribution is 7.91. The lowest BCUT2D eigenvalue weighted by atomic mass is 9.91. The SMILES string of the molecule is CCC(C)(O)c1cnc(OC2CC(S(C)(=O)=O)C2)c2cnc(Cl)cc12. The molecule has 0 aliphatic heterocycles. The van der Waals surface area contributed by atoms with Crippen molar-refractivity contribution in [2.45, 2.75) is 50.1 Å². The number of aliphatic hydroxyl groups is 1. The molecule has 1 N–H and O–H groups in total. The van der Waals surface area contributed by atoms with Crippen LogP contribution in [0.15, 0.2) is 18.5 Å². The second-order valence-corrected chi connectivity index (χ2v) is 9.53. The summed E-state index contributed by atoms with van der Waals surface area (Å²) in [6.07, 6.45) is 5.64. The topological polar surface area (TPSA) is 89.4 Å². The van der Waals surface area contributed by atoms with Crippen molar-refractivity contribution in [3.8, 4) is 5.88 Å². The predicted molar refractivity (Wildman–Crippen MR) is 96.7 cm³/mol. The summed E-state index contributed by atoms with van der Waals surface area (Å²) in [5.41, 5.74) is -0.393. The molecule has 136 valence electrons. The second kappa shape index (κ2) is 6.37. The van der Waals surface area contributed by atoms with Gasteiger partial charge < -0.3 is 9.84 Å². The molecule has 0 spiro atoms. The minimum Gasteiger partial charge on any atom is -0.474 e. The fraction of sp³-hybridized carbons (Fsp3) is 0.529. The maximum absolute atomic E-state index is 11.5. The fourth-order valence-corrected chi connectivity index (χ4v) is 4.21. The van der Waals surface area contributed by atoms with Gasteiger partial charge in [0.05, 0.1) is 16.2 Å². The third-order valence-electron chi connectivity index (χ3n) is 4.91. The molecule has 1 saturated carbocycles. The molecular formula is C17H21ClN2O4S. The summed E-state index contributed by atoms with van der Waals surface area (Å²) in [6, 6.07) is 1.69. The van der Waals surface area contributed by atoms with Crippen LogP contribution in [0.4, 0.5) is 0 Å². The van der Waals surface area contributed by atoms with Crippen LogP contribution >= 0.6 is 11.6 Å². The third kappa shape index (κ3) is 3.59. The van der Waals surface area contributed by atoms with Crippen molar-refractivity contribution < 1.29 is 18.3 Å². The summed E-state index contributed by atoms with van der Waals surface area (Å²) in [5, 5.41) is 12.0. The van der Waals surface area contributed by atoms with Gasteiger partial charge in [-0.2, -0.15) is 0 Å². The number of fused-ring (bicyclic) bond motifs is 1. The van der Waals surface area contributed by atoms with E-state index in [9.17, 15) is 13.5 Å². The van der Waals surface area contributed by atoms with E-state index in [0.29, 0.717) is 41.2 Å². The van der Waals surface area contributed by atoms with Crippen LogP contribution in [0.2, 0.25) is 5.15 Å². The highest BCUT2D eigenvalue weighted by atomic mass is 35.5. The Morgan fingerprint density at radius 3 is 2.60 bits per heavy atom. The van der Waals surface area contributed by atoms with Gasteiger partial charge in [-0.15, -0.1) is 0 Å². The number of sulfone groups is 1. The maximum atomic E-state index is 11.5. The van der Waals surface area contributed by atoms with Crippen molar-refractivity contribution in [2.75, 3.05) is 6.26 Å². The molecule has 0 aromatic carbocycles. The molecule has 0 saturated heterocycles. The van der Waals surface area contributed by atoms with Gasteiger partial charge in [0.15, 0.2) is 9.84 Å². The molecule has 2 aromatic rings. The molecule has 1 aliphatic rings. The summed E-state index contributed by atoms with van der Waals surface area (Å²) < 4.78 is 28.9. The fourth-order valence-electron chi connectivity index (χ4n) is 2.92. The second-order valence-electron chi connectivity index (χ2n) is 6.82. The predicted octanol–water partition coefficient (Wildman–Crippen LogP) is 2.86. The quantitative estimate of drug-likeness (QED) is 0.797. The Balaban J connectivity index is 1.95. The minimum absolute atomic E-state index is 0.191. The van der Waals surface area contributed by atoms with Crippen molar-refractivity contribution in [1.82, 2.24) is 9.97 Å². The molecule has 0 radical (unpaired) electrons. The van der Waals surface area contributed by atoms with Crippen LogP contribution in [0.25, 0.3) is 10.8 Å². The van der Waals surface area contributed by atoms with Crippen LogP contribution in [-0.4, -0.2) is 41.1 Å². The van der Waals surface area contributed by atoms with Crippen LogP contribution in [0.3, 0.4) is 0 Å². The summed E-state index contributed by atoms with van der Waals surface area (Å²) in [5.74, 6) is 0.381. The van der Waals surface area contributed by atoms with Crippen molar-refractivity contribution >= 4 is 32.2 Å². The number of nitrogens with zero attached hydrogens (tertiary/aromatic N) is 2. The highest BCUT2D eigenvalue weighted by Gasteiger charge is 2.38. The molecule has 2 heterocycles. The van der Waals surface area contributed by atoms with Crippen LogP contribution in [-0.2, 0) is 15.4 Å².